The number of hydrogen-bond acceptors (Lipinski definition) is 4. The molecular weight excluding hydrogens is 218 g/mol. The van der Waals surface area contributed by atoms with Crippen LogP contribution in [0, 0.1) is 11.3 Å². The van der Waals surface area contributed by atoms with E-state index in [0.717, 1.165) is 6.42 Å². The maximum absolute atomic E-state index is 5.72. The molecule has 0 spiro atoms. The van der Waals surface area contributed by atoms with E-state index in [1.165, 1.54) is 24.1 Å². The molecule has 16 heavy (non-hydrogen) atoms. The first-order valence-electron chi connectivity index (χ1n) is 5.97. The maximum atomic E-state index is 5.72. The standard InChI is InChI=1S/C12H21N3S/c1-12(2)5-3-4-10(12)11(15-13)6-9-7-14-8-16-9/h7-8,10-11,15H,3-6,13H2,1-2H3. The van der Waals surface area contributed by atoms with E-state index in [0.29, 0.717) is 17.4 Å². The Balaban J connectivity index is 2.05. The van der Waals surface area contributed by atoms with Crippen LogP contribution in [0.3, 0.4) is 0 Å². The fourth-order valence-corrected chi connectivity index (χ4v) is 3.63. The van der Waals surface area contributed by atoms with Gasteiger partial charge in [0.1, 0.15) is 0 Å². The number of aromatic nitrogens is 1. The average molecular weight is 239 g/mol. The van der Waals surface area contributed by atoms with Gasteiger partial charge in [-0.1, -0.05) is 20.3 Å². The van der Waals surface area contributed by atoms with Gasteiger partial charge in [-0.05, 0) is 24.2 Å². The molecule has 2 atom stereocenters. The molecule has 4 heteroatoms. The summed E-state index contributed by atoms with van der Waals surface area (Å²) < 4.78 is 0. The van der Waals surface area contributed by atoms with E-state index in [4.69, 9.17) is 5.84 Å². The minimum absolute atomic E-state index is 0.387. The number of hydrogen-bond donors (Lipinski definition) is 2. The number of nitrogens with one attached hydrogen (secondary N) is 1. The molecule has 1 saturated carbocycles. The Labute approximate surface area is 101 Å². The molecule has 0 aromatic carbocycles. The van der Waals surface area contributed by atoms with Gasteiger partial charge in [0.15, 0.2) is 0 Å². The summed E-state index contributed by atoms with van der Waals surface area (Å²) in [6, 6.07) is 0.387. The highest BCUT2D eigenvalue weighted by Crippen LogP contribution is 2.44. The van der Waals surface area contributed by atoms with Gasteiger partial charge in [-0.3, -0.25) is 16.3 Å². The van der Waals surface area contributed by atoms with Crippen molar-refractivity contribution < 1.29 is 0 Å². The van der Waals surface area contributed by atoms with Crippen molar-refractivity contribution in [2.45, 2.75) is 45.6 Å². The smallest absolute Gasteiger partial charge is 0.0794 e. The van der Waals surface area contributed by atoms with Crippen molar-refractivity contribution in [3.63, 3.8) is 0 Å². The summed E-state index contributed by atoms with van der Waals surface area (Å²) in [5, 5.41) is 0. The van der Waals surface area contributed by atoms with Crippen molar-refractivity contribution in [2.24, 2.45) is 17.2 Å². The quantitative estimate of drug-likeness (QED) is 0.626. The van der Waals surface area contributed by atoms with Crippen LogP contribution >= 0.6 is 11.3 Å². The number of nitrogens with two attached hydrogens (primary N) is 1. The van der Waals surface area contributed by atoms with Crippen LogP contribution in [0.1, 0.15) is 38.0 Å². The highest BCUT2D eigenvalue weighted by atomic mass is 32.1. The van der Waals surface area contributed by atoms with E-state index in [2.05, 4.69) is 24.3 Å². The van der Waals surface area contributed by atoms with Gasteiger partial charge in [-0.2, -0.15) is 0 Å². The molecule has 0 aliphatic heterocycles. The Morgan fingerprint density at radius 2 is 2.50 bits per heavy atom. The third kappa shape index (κ3) is 2.44. The lowest BCUT2D eigenvalue weighted by Gasteiger charge is -2.33. The highest BCUT2D eigenvalue weighted by Gasteiger charge is 2.39. The monoisotopic (exact) mass is 239 g/mol. The van der Waals surface area contributed by atoms with E-state index < -0.39 is 0 Å². The number of nitrogens with zero attached hydrogens (tertiary/aromatic N) is 1. The molecule has 1 aliphatic rings. The van der Waals surface area contributed by atoms with E-state index in [9.17, 15) is 0 Å². The SMILES string of the molecule is CC1(C)CCCC1C(Cc1cncs1)NN. The molecule has 0 saturated heterocycles. The fourth-order valence-electron chi connectivity index (χ4n) is 2.98. The van der Waals surface area contributed by atoms with Crippen LogP contribution in [0.25, 0.3) is 0 Å². The zero-order chi connectivity index (χ0) is 11.6. The van der Waals surface area contributed by atoms with E-state index in [1.807, 2.05) is 11.7 Å². The normalized spacial score (nSPS) is 25.8. The van der Waals surface area contributed by atoms with Crippen molar-refractivity contribution in [3.8, 4) is 0 Å². The van der Waals surface area contributed by atoms with Gasteiger partial charge >= 0.3 is 0 Å². The molecule has 0 bridgehead atoms. The van der Waals surface area contributed by atoms with E-state index in [1.54, 1.807) is 11.3 Å². The molecule has 2 rings (SSSR count). The van der Waals surface area contributed by atoms with Gasteiger partial charge in [-0.15, -0.1) is 11.3 Å². The van der Waals surface area contributed by atoms with Gasteiger partial charge in [0, 0.05) is 23.5 Å². The fraction of sp³-hybridized carbons (Fsp3) is 0.750. The summed E-state index contributed by atoms with van der Waals surface area (Å²) in [7, 11) is 0. The molecule has 1 aromatic heterocycles. The average Bonchev–Trinajstić information content (AvgIpc) is 2.84. The van der Waals surface area contributed by atoms with Crippen LogP contribution in [0.2, 0.25) is 0 Å². The molecule has 2 unspecified atom stereocenters. The first kappa shape index (κ1) is 12.0. The van der Waals surface area contributed by atoms with Crippen molar-refractivity contribution in [1.29, 1.82) is 0 Å². The van der Waals surface area contributed by atoms with Crippen LogP contribution in [0.15, 0.2) is 11.7 Å². The molecular formula is C12H21N3S. The molecule has 3 N–H and O–H groups in total. The Kier molecular flexibility index (Phi) is 3.62. The Morgan fingerprint density at radius 1 is 1.69 bits per heavy atom. The third-order valence-electron chi connectivity index (χ3n) is 3.94. The van der Waals surface area contributed by atoms with Gasteiger partial charge in [0.2, 0.25) is 0 Å². The van der Waals surface area contributed by atoms with Gasteiger partial charge in [0.25, 0.3) is 0 Å². The molecule has 1 aromatic rings. The summed E-state index contributed by atoms with van der Waals surface area (Å²) in [4.78, 5) is 5.45. The van der Waals surface area contributed by atoms with Crippen LogP contribution in [-0.4, -0.2) is 11.0 Å². The lowest BCUT2D eigenvalue weighted by molar-refractivity contribution is 0.197. The Morgan fingerprint density at radius 3 is 3.00 bits per heavy atom. The van der Waals surface area contributed by atoms with Crippen LogP contribution in [-0.2, 0) is 6.42 Å². The summed E-state index contributed by atoms with van der Waals surface area (Å²) in [5.74, 6) is 6.40. The number of hydrazine groups is 1. The number of rotatable bonds is 4. The van der Waals surface area contributed by atoms with Crippen molar-refractivity contribution in [2.75, 3.05) is 0 Å². The van der Waals surface area contributed by atoms with Gasteiger partial charge in [0.05, 0.1) is 5.51 Å². The minimum atomic E-state index is 0.387. The van der Waals surface area contributed by atoms with Crippen LogP contribution in [0.4, 0.5) is 0 Å². The highest BCUT2D eigenvalue weighted by molar-refractivity contribution is 7.09. The van der Waals surface area contributed by atoms with Crippen molar-refractivity contribution >= 4 is 11.3 Å². The van der Waals surface area contributed by atoms with E-state index >= 15 is 0 Å². The molecule has 1 fully saturated rings. The zero-order valence-electron chi connectivity index (χ0n) is 10.1. The van der Waals surface area contributed by atoms with Crippen molar-refractivity contribution in [1.82, 2.24) is 10.4 Å². The molecule has 0 radical (unpaired) electrons. The zero-order valence-corrected chi connectivity index (χ0v) is 10.9. The second kappa shape index (κ2) is 4.82. The van der Waals surface area contributed by atoms with Crippen molar-refractivity contribution in [3.05, 3.63) is 16.6 Å². The van der Waals surface area contributed by atoms with Crippen LogP contribution < -0.4 is 11.3 Å². The predicted octanol–water partition coefficient (Wildman–Crippen LogP) is 2.34. The largest absolute Gasteiger partial charge is 0.271 e. The summed E-state index contributed by atoms with van der Waals surface area (Å²) in [5.41, 5.74) is 5.33. The topological polar surface area (TPSA) is 50.9 Å². The predicted molar refractivity (Wildman–Crippen MR) is 68.1 cm³/mol. The third-order valence-corrected chi connectivity index (χ3v) is 4.75. The van der Waals surface area contributed by atoms with Gasteiger partial charge in [-0.25, -0.2) is 0 Å². The number of thiazole rings is 1. The van der Waals surface area contributed by atoms with Gasteiger partial charge < -0.3 is 0 Å². The second-order valence-electron chi connectivity index (χ2n) is 5.43. The lowest BCUT2D eigenvalue weighted by Crippen LogP contribution is -2.45. The van der Waals surface area contributed by atoms with Crippen LogP contribution in [0.5, 0.6) is 0 Å². The Bertz CT molecular complexity index is 321. The maximum Gasteiger partial charge on any atom is 0.0794 e. The Hall–Kier alpha value is -0.450. The molecule has 1 aliphatic carbocycles. The lowest BCUT2D eigenvalue weighted by atomic mass is 9.76. The molecule has 1 heterocycles. The first-order valence-corrected chi connectivity index (χ1v) is 6.85. The molecule has 0 amide bonds. The van der Waals surface area contributed by atoms with E-state index in [-0.39, 0.29) is 0 Å². The summed E-state index contributed by atoms with van der Waals surface area (Å²) >= 11 is 1.72. The summed E-state index contributed by atoms with van der Waals surface area (Å²) in [6.07, 6.45) is 6.91. The molecule has 90 valence electrons. The first-order chi connectivity index (χ1) is 7.63. The summed E-state index contributed by atoms with van der Waals surface area (Å²) in [6.45, 7) is 4.73. The minimum Gasteiger partial charge on any atom is -0.271 e. The molecule has 3 nitrogen and oxygen atoms in total. The second-order valence-corrected chi connectivity index (χ2v) is 6.40.